The second kappa shape index (κ2) is 4.83. The van der Waals surface area contributed by atoms with E-state index in [1.165, 1.54) is 18.2 Å². The molecule has 0 aliphatic carbocycles. The smallest absolute Gasteiger partial charge is 0.416 e. The van der Waals surface area contributed by atoms with E-state index < -0.39 is 17.7 Å². The predicted octanol–water partition coefficient (Wildman–Crippen LogP) is 2.89. The Morgan fingerprint density at radius 2 is 1.81 bits per heavy atom. The van der Waals surface area contributed by atoms with Crippen LogP contribution in [0.4, 0.5) is 13.2 Å². The number of carbonyl (C=O) groups is 1. The molecule has 0 aliphatic heterocycles. The van der Waals surface area contributed by atoms with Gasteiger partial charge in [-0.15, -0.1) is 0 Å². The molecule has 0 heterocycles. The Balaban J connectivity index is 2.69. The van der Waals surface area contributed by atoms with Crippen LogP contribution < -0.4 is 0 Å². The topological polar surface area (TPSA) is 37.3 Å². The van der Waals surface area contributed by atoms with Crippen molar-refractivity contribution in [2.24, 2.45) is 0 Å². The first-order valence-corrected chi connectivity index (χ1v) is 4.45. The molecule has 86 valence electrons. The van der Waals surface area contributed by atoms with Crippen molar-refractivity contribution in [3.63, 3.8) is 0 Å². The molecule has 0 aliphatic rings. The minimum absolute atomic E-state index is 0.296. The number of halogens is 3. The van der Waals surface area contributed by atoms with Gasteiger partial charge < -0.3 is 5.11 Å². The highest BCUT2D eigenvalue weighted by Gasteiger charge is 2.29. The van der Waals surface area contributed by atoms with Crippen LogP contribution in [-0.2, 0) is 17.4 Å². The average molecular weight is 230 g/mol. The SMILES string of the molecule is O=C(O)C=CCc1ccc(C(F)(F)F)cc1. The van der Waals surface area contributed by atoms with Gasteiger partial charge in [0.25, 0.3) is 0 Å². The number of carboxylic acid groups (broad SMARTS) is 1. The van der Waals surface area contributed by atoms with E-state index in [9.17, 15) is 18.0 Å². The lowest BCUT2D eigenvalue weighted by Gasteiger charge is -2.06. The quantitative estimate of drug-likeness (QED) is 0.810. The molecule has 0 amide bonds. The molecule has 1 N–H and O–H groups in total. The summed E-state index contributed by atoms with van der Waals surface area (Å²) in [6.45, 7) is 0. The Morgan fingerprint density at radius 1 is 1.25 bits per heavy atom. The molecule has 0 aromatic heterocycles. The molecule has 5 heteroatoms. The first kappa shape index (κ1) is 12.3. The third kappa shape index (κ3) is 3.76. The number of alkyl halides is 3. The van der Waals surface area contributed by atoms with Crippen molar-refractivity contribution in [3.8, 4) is 0 Å². The van der Waals surface area contributed by atoms with Crippen LogP contribution >= 0.6 is 0 Å². The van der Waals surface area contributed by atoms with Gasteiger partial charge >= 0.3 is 12.1 Å². The van der Waals surface area contributed by atoms with Gasteiger partial charge in [0.2, 0.25) is 0 Å². The van der Waals surface area contributed by atoms with Gasteiger partial charge in [-0.05, 0) is 24.1 Å². The van der Waals surface area contributed by atoms with E-state index >= 15 is 0 Å². The molecule has 0 atom stereocenters. The summed E-state index contributed by atoms with van der Waals surface area (Å²) in [5.74, 6) is -1.08. The van der Waals surface area contributed by atoms with Gasteiger partial charge in [0.15, 0.2) is 0 Å². The first-order chi connectivity index (χ1) is 7.39. The van der Waals surface area contributed by atoms with E-state index in [1.54, 1.807) is 0 Å². The van der Waals surface area contributed by atoms with Gasteiger partial charge in [-0.25, -0.2) is 4.79 Å². The normalized spacial score (nSPS) is 11.9. The summed E-state index contributed by atoms with van der Waals surface area (Å²) < 4.78 is 36.6. The number of aliphatic carboxylic acids is 1. The third-order valence-corrected chi connectivity index (χ3v) is 1.90. The van der Waals surface area contributed by atoms with Crippen LogP contribution in [0.2, 0.25) is 0 Å². The summed E-state index contributed by atoms with van der Waals surface area (Å²) in [5, 5.41) is 8.31. The largest absolute Gasteiger partial charge is 0.478 e. The molecule has 0 spiro atoms. The summed E-state index contributed by atoms with van der Waals surface area (Å²) in [5.41, 5.74) is -0.0797. The van der Waals surface area contributed by atoms with Gasteiger partial charge in [0, 0.05) is 6.08 Å². The van der Waals surface area contributed by atoms with Crippen LogP contribution in [-0.4, -0.2) is 11.1 Å². The fourth-order valence-electron chi connectivity index (χ4n) is 1.13. The monoisotopic (exact) mass is 230 g/mol. The highest BCUT2D eigenvalue weighted by Crippen LogP contribution is 2.29. The van der Waals surface area contributed by atoms with Crippen molar-refractivity contribution in [1.29, 1.82) is 0 Å². The molecular formula is C11H9F3O2. The predicted molar refractivity (Wildman–Crippen MR) is 51.9 cm³/mol. The minimum Gasteiger partial charge on any atom is -0.478 e. The van der Waals surface area contributed by atoms with Crippen molar-refractivity contribution in [1.82, 2.24) is 0 Å². The molecule has 1 rings (SSSR count). The maximum Gasteiger partial charge on any atom is 0.416 e. The highest BCUT2D eigenvalue weighted by molar-refractivity contribution is 5.79. The summed E-state index contributed by atoms with van der Waals surface area (Å²) in [6.07, 6.45) is -1.71. The Bertz CT molecular complexity index is 391. The molecule has 1 aromatic rings. The molecule has 16 heavy (non-hydrogen) atoms. The lowest BCUT2D eigenvalue weighted by Crippen LogP contribution is -2.04. The minimum atomic E-state index is -4.34. The Kier molecular flexibility index (Phi) is 3.71. The molecule has 1 aromatic carbocycles. The highest BCUT2D eigenvalue weighted by atomic mass is 19.4. The molecule has 0 radical (unpaired) electrons. The average Bonchev–Trinajstić information content (AvgIpc) is 2.16. The first-order valence-electron chi connectivity index (χ1n) is 4.45. The standard InChI is InChI=1S/C11H9F3O2/c12-11(13,14)9-6-4-8(5-7-9)2-1-3-10(15)16/h1,3-7H,2H2,(H,15,16). The number of benzene rings is 1. The zero-order valence-corrected chi connectivity index (χ0v) is 8.16. The third-order valence-electron chi connectivity index (χ3n) is 1.90. The van der Waals surface area contributed by atoms with E-state index in [0.29, 0.717) is 12.0 Å². The van der Waals surface area contributed by atoms with Crippen LogP contribution in [0, 0.1) is 0 Å². The van der Waals surface area contributed by atoms with Crippen LogP contribution in [0.15, 0.2) is 36.4 Å². The Hall–Kier alpha value is -1.78. The second-order valence-corrected chi connectivity index (χ2v) is 3.14. The van der Waals surface area contributed by atoms with Crippen molar-refractivity contribution in [2.75, 3.05) is 0 Å². The zero-order chi connectivity index (χ0) is 12.2. The van der Waals surface area contributed by atoms with Crippen LogP contribution in [0.1, 0.15) is 11.1 Å². The Labute approximate surface area is 90.0 Å². The van der Waals surface area contributed by atoms with E-state index in [4.69, 9.17) is 5.11 Å². The van der Waals surface area contributed by atoms with Crippen molar-refractivity contribution in [3.05, 3.63) is 47.5 Å². The van der Waals surface area contributed by atoms with Crippen LogP contribution in [0.5, 0.6) is 0 Å². The molecule has 0 bridgehead atoms. The Morgan fingerprint density at radius 3 is 2.25 bits per heavy atom. The van der Waals surface area contributed by atoms with Gasteiger partial charge in [0.05, 0.1) is 5.56 Å². The molecule has 0 saturated heterocycles. The summed E-state index contributed by atoms with van der Waals surface area (Å²) in [4.78, 5) is 10.1. The number of carboxylic acids is 1. The number of hydrogen-bond donors (Lipinski definition) is 1. The fourth-order valence-corrected chi connectivity index (χ4v) is 1.13. The summed E-state index contributed by atoms with van der Waals surface area (Å²) >= 11 is 0. The molecule has 0 unspecified atom stereocenters. The number of hydrogen-bond acceptors (Lipinski definition) is 1. The molecular weight excluding hydrogens is 221 g/mol. The fraction of sp³-hybridized carbons (Fsp3) is 0.182. The lowest BCUT2D eigenvalue weighted by atomic mass is 10.1. The van der Waals surface area contributed by atoms with Gasteiger partial charge in [-0.3, -0.25) is 0 Å². The lowest BCUT2D eigenvalue weighted by molar-refractivity contribution is -0.137. The number of allylic oxidation sites excluding steroid dienone is 1. The van der Waals surface area contributed by atoms with E-state index in [2.05, 4.69) is 0 Å². The van der Waals surface area contributed by atoms with Crippen molar-refractivity contribution in [2.45, 2.75) is 12.6 Å². The van der Waals surface area contributed by atoms with Crippen LogP contribution in [0.25, 0.3) is 0 Å². The van der Waals surface area contributed by atoms with E-state index in [0.717, 1.165) is 18.2 Å². The van der Waals surface area contributed by atoms with Crippen molar-refractivity contribution >= 4 is 5.97 Å². The maximum atomic E-state index is 12.2. The second-order valence-electron chi connectivity index (χ2n) is 3.14. The summed E-state index contributed by atoms with van der Waals surface area (Å²) in [7, 11) is 0. The maximum absolute atomic E-state index is 12.2. The van der Waals surface area contributed by atoms with Crippen LogP contribution in [0.3, 0.4) is 0 Å². The molecule has 0 saturated carbocycles. The molecule has 2 nitrogen and oxygen atoms in total. The zero-order valence-electron chi connectivity index (χ0n) is 8.16. The summed E-state index contributed by atoms with van der Waals surface area (Å²) in [6, 6.07) is 4.61. The van der Waals surface area contributed by atoms with Gasteiger partial charge in [-0.2, -0.15) is 13.2 Å². The molecule has 0 fully saturated rings. The van der Waals surface area contributed by atoms with Gasteiger partial charge in [-0.1, -0.05) is 18.2 Å². The van der Waals surface area contributed by atoms with Gasteiger partial charge in [0.1, 0.15) is 0 Å². The van der Waals surface area contributed by atoms with E-state index in [1.807, 2.05) is 0 Å². The van der Waals surface area contributed by atoms with Crippen molar-refractivity contribution < 1.29 is 23.1 Å². The number of rotatable bonds is 3. The van der Waals surface area contributed by atoms with E-state index in [-0.39, 0.29) is 0 Å².